The largest absolute Gasteiger partial charge is 0.469 e. The molecule has 1 amide bonds. The van der Waals surface area contributed by atoms with Gasteiger partial charge < -0.3 is 9.73 Å². The first-order valence-electron chi connectivity index (χ1n) is 4.63. The fraction of sp³-hybridized carbons (Fsp3) is 0.0909. The lowest BCUT2D eigenvalue weighted by atomic mass is 10.3. The molecule has 0 atom stereocenters. The van der Waals surface area contributed by atoms with Gasteiger partial charge in [0.25, 0.3) is 5.91 Å². The molecule has 0 unspecified atom stereocenters. The summed E-state index contributed by atoms with van der Waals surface area (Å²) in [5, 5.41) is 2.43. The van der Waals surface area contributed by atoms with Crippen LogP contribution in [0.4, 0.5) is 10.1 Å². The van der Waals surface area contributed by atoms with Gasteiger partial charge in [0.15, 0.2) is 5.82 Å². The minimum absolute atomic E-state index is 0.0962. The maximum absolute atomic E-state index is 13.2. The van der Waals surface area contributed by atoms with E-state index in [0.717, 1.165) is 6.20 Å². The molecule has 0 saturated heterocycles. The van der Waals surface area contributed by atoms with E-state index >= 15 is 0 Å². The lowest BCUT2D eigenvalue weighted by molar-refractivity contribution is 0.102. The highest BCUT2D eigenvalue weighted by molar-refractivity contribution is 6.04. The van der Waals surface area contributed by atoms with E-state index in [-0.39, 0.29) is 5.69 Å². The summed E-state index contributed by atoms with van der Waals surface area (Å²) < 4.78 is 18.2. The molecule has 0 fully saturated rings. The van der Waals surface area contributed by atoms with Gasteiger partial charge in [-0.1, -0.05) is 0 Å². The molecule has 0 radical (unpaired) electrons. The van der Waals surface area contributed by atoms with Crippen molar-refractivity contribution in [3.63, 3.8) is 0 Å². The predicted octanol–water partition coefficient (Wildman–Crippen LogP) is 2.37. The molecular formula is C11H9FN2O2. The highest BCUT2D eigenvalue weighted by Gasteiger charge is 2.10. The van der Waals surface area contributed by atoms with Crippen LogP contribution in [0.25, 0.3) is 0 Å². The molecule has 5 heteroatoms. The second-order valence-corrected chi connectivity index (χ2v) is 3.26. The van der Waals surface area contributed by atoms with E-state index in [4.69, 9.17) is 4.42 Å². The van der Waals surface area contributed by atoms with Crippen LogP contribution in [0.5, 0.6) is 0 Å². The van der Waals surface area contributed by atoms with Crippen LogP contribution in [0.1, 0.15) is 16.1 Å². The summed E-state index contributed by atoms with van der Waals surface area (Å²) >= 11 is 0. The first-order chi connectivity index (χ1) is 7.66. The van der Waals surface area contributed by atoms with E-state index in [1.807, 2.05) is 0 Å². The molecule has 0 spiro atoms. The zero-order chi connectivity index (χ0) is 11.5. The lowest BCUT2D eigenvalue weighted by Crippen LogP contribution is -2.12. The maximum Gasteiger partial charge on any atom is 0.259 e. The zero-order valence-corrected chi connectivity index (χ0v) is 8.53. The summed E-state index contributed by atoms with van der Waals surface area (Å²) in [6, 6.07) is 2.97. The Balaban J connectivity index is 2.17. The van der Waals surface area contributed by atoms with E-state index in [9.17, 15) is 9.18 Å². The van der Waals surface area contributed by atoms with Gasteiger partial charge >= 0.3 is 0 Å². The van der Waals surface area contributed by atoms with Crippen LogP contribution in [-0.2, 0) is 0 Å². The first kappa shape index (κ1) is 10.4. The van der Waals surface area contributed by atoms with Gasteiger partial charge in [-0.05, 0) is 19.1 Å². The normalized spacial score (nSPS) is 10.1. The Morgan fingerprint density at radius 3 is 3.00 bits per heavy atom. The second-order valence-electron chi connectivity index (χ2n) is 3.26. The molecule has 0 aliphatic rings. The fourth-order valence-electron chi connectivity index (χ4n) is 1.23. The van der Waals surface area contributed by atoms with E-state index < -0.39 is 11.7 Å². The van der Waals surface area contributed by atoms with E-state index in [1.165, 1.54) is 18.5 Å². The van der Waals surface area contributed by atoms with Crippen molar-refractivity contribution in [3.8, 4) is 0 Å². The van der Waals surface area contributed by atoms with Gasteiger partial charge in [0.1, 0.15) is 12.0 Å². The number of nitrogens with zero attached hydrogens (tertiary/aromatic N) is 1. The standard InChI is InChI=1S/C11H9FN2O2/c1-7-4-8(6-16-7)11(15)14-10-2-3-13-5-9(10)12/h2-6H,1H3,(H,13,14,15). The van der Waals surface area contributed by atoms with Gasteiger partial charge in [-0.15, -0.1) is 0 Å². The molecular weight excluding hydrogens is 211 g/mol. The van der Waals surface area contributed by atoms with Crippen LogP contribution < -0.4 is 5.32 Å². The van der Waals surface area contributed by atoms with Crippen LogP contribution in [-0.4, -0.2) is 10.9 Å². The Morgan fingerprint density at radius 1 is 1.56 bits per heavy atom. The molecule has 2 aromatic heterocycles. The van der Waals surface area contributed by atoms with Crippen LogP contribution >= 0.6 is 0 Å². The quantitative estimate of drug-likeness (QED) is 0.845. The number of aryl methyl sites for hydroxylation is 1. The summed E-state index contributed by atoms with van der Waals surface area (Å²) in [6.07, 6.45) is 3.76. The van der Waals surface area contributed by atoms with E-state index in [1.54, 1.807) is 13.0 Å². The number of carbonyl (C=O) groups is 1. The molecule has 0 aliphatic carbocycles. The topological polar surface area (TPSA) is 55.1 Å². The summed E-state index contributed by atoms with van der Waals surface area (Å²) in [4.78, 5) is 15.2. The van der Waals surface area contributed by atoms with Crippen LogP contribution in [0, 0.1) is 12.7 Å². The van der Waals surface area contributed by atoms with Crippen molar-refractivity contribution in [1.82, 2.24) is 4.98 Å². The van der Waals surface area contributed by atoms with Gasteiger partial charge in [0.05, 0.1) is 17.4 Å². The first-order valence-corrected chi connectivity index (χ1v) is 4.63. The van der Waals surface area contributed by atoms with Crippen molar-refractivity contribution in [2.75, 3.05) is 5.32 Å². The highest BCUT2D eigenvalue weighted by Crippen LogP contribution is 2.13. The molecule has 2 rings (SSSR count). The van der Waals surface area contributed by atoms with Crippen LogP contribution in [0.15, 0.2) is 35.2 Å². The third-order valence-corrected chi connectivity index (χ3v) is 2.01. The minimum atomic E-state index is -0.573. The lowest BCUT2D eigenvalue weighted by Gasteiger charge is -2.03. The Kier molecular flexibility index (Phi) is 2.68. The van der Waals surface area contributed by atoms with Crippen molar-refractivity contribution in [1.29, 1.82) is 0 Å². The fourth-order valence-corrected chi connectivity index (χ4v) is 1.23. The molecule has 0 bridgehead atoms. The zero-order valence-electron chi connectivity index (χ0n) is 8.53. The second kappa shape index (κ2) is 4.14. The number of hydrogen-bond donors (Lipinski definition) is 1. The monoisotopic (exact) mass is 220 g/mol. The Hall–Kier alpha value is -2.17. The summed E-state index contributed by atoms with van der Waals surface area (Å²) in [5.41, 5.74) is 0.451. The number of amides is 1. The molecule has 0 aliphatic heterocycles. The van der Waals surface area contributed by atoms with Crippen molar-refractivity contribution >= 4 is 11.6 Å². The van der Waals surface area contributed by atoms with Crippen molar-refractivity contribution < 1.29 is 13.6 Å². The number of furan rings is 1. The number of anilines is 1. The summed E-state index contributed by atoms with van der Waals surface area (Å²) in [7, 11) is 0. The SMILES string of the molecule is Cc1cc(C(=O)Nc2ccncc2F)co1. The molecule has 16 heavy (non-hydrogen) atoms. The number of aromatic nitrogens is 1. The molecule has 0 aromatic carbocycles. The third kappa shape index (κ3) is 2.08. The Bertz CT molecular complexity index is 522. The highest BCUT2D eigenvalue weighted by atomic mass is 19.1. The smallest absolute Gasteiger partial charge is 0.259 e. The number of hydrogen-bond acceptors (Lipinski definition) is 3. The average molecular weight is 220 g/mol. The Morgan fingerprint density at radius 2 is 2.38 bits per heavy atom. The van der Waals surface area contributed by atoms with Crippen molar-refractivity contribution in [2.24, 2.45) is 0 Å². The molecule has 2 aromatic rings. The predicted molar refractivity (Wildman–Crippen MR) is 55.6 cm³/mol. The van der Waals surface area contributed by atoms with Crippen molar-refractivity contribution in [2.45, 2.75) is 6.92 Å². The number of rotatable bonds is 2. The third-order valence-electron chi connectivity index (χ3n) is 2.01. The number of halogens is 1. The molecule has 2 heterocycles. The van der Waals surface area contributed by atoms with Gasteiger partial charge in [0.2, 0.25) is 0 Å². The summed E-state index contributed by atoms with van der Waals surface area (Å²) in [6.45, 7) is 1.73. The number of nitrogens with one attached hydrogen (secondary N) is 1. The molecule has 0 saturated carbocycles. The average Bonchev–Trinajstić information content (AvgIpc) is 2.68. The molecule has 4 nitrogen and oxygen atoms in total. The van der Waals surface area contributed by atoms with Crippen molar-refractivity contribution in [3.05, 3.63) is 47.9 Å². The number of pyridine rings is 1. The van der Waals surface area contributed by atoms with Crippen LogP contribution in [0.3, 0.4) is 0 Å². The van der Waals surface area contributed by atoms with E-state index in [0.29, 0.717) is 11.3 Å². The molecule has 1 N–H and O–H groups in total. The minimum Gasteiger partial charge on any atom is -0.469 e. The number of carbonyl (C=O) groups excluding carboxylic acids is 1. The van der Waals surface area contributed by atoms with Gasteiger partial charge in [-0.3, -0.25) is 9.78 Å². The molecule has 82 valence electrons. The van der Waals surface area contributed by atoms with Gasteiger partial charge in [0, 0.05) is 6.20 Å². The summed E-state index contributed by atoms with van der Waals surface area (Å²) in [5.74, 6) is -0.363. The van der Waals surface area contributed by atoms with Gasteiger partial charge in [-0.2, -0.15) is 0 Å². The van der Waals surface area contributed by atoms with Gasteiger partial charge in [-0.25, -0.2) is 4.39 Å². The maximum atomic E-state index is 13.2. The Labute approximate surface area is 91.1 Å². The van der Waals surface area contributed by atoms with E-state index in [2.05, 4.69) is 10.3 Å². The van der Waals surface area contributed by atoms with Crippen LogP contribution in [0.2, 0.25) is 0 Å².